The van der Waals surface area contributed by atoms with Gasteiger partial charge in [-0.05, 0) is 54.7 Å². The maximum Gasteiger partial charge on any atom is 0.325 e. The minimum atomic E-state index is -1.05. The Balaban J connectivity index is 1.40. The summed E-state index contributed by atoms with van der Waals surface area (Å²) in [5.41, 5.74) is 1.47. The minimum absolute atomic E-state index is 0.0448. The van der Waals surface area contributed by atoms with Gasteiger partial charge in [0.05, 0.1) is 6.54 Å². The van der Waals surface area contributed by atoms with E-state index in [-0.39, 0.29) is 24.8 Å². The van der Waals surface area contributed by atoms with E-state index in [1.807, 2.05) is 24.3 Å². The number of aliphatic hydroxyl groups excluding tert-OH is 1. The molecule has 162 valence electrons. The second-order valence-corrected chi connectivity index (χ2v) is 8.03. The molecule has 3 amide bonds. The predicted molar refractivity (Wildman–Crippen MR) is 114 cm³/mol. The molecule has 2 aromatic rings. The van der Waals surface area contributed by atoms with Gasteiger partial charge in [-0.25, -0.2) is 4.79 Å². The molecule has 1 aliphatic carbocycles. The number of ether oxygens (including phenoxy) is 1. The first-order valence-corrected chi connectivity index (χ1v) is 10.6. The van der Waals surface area contributed by atoms with E-state index in [9.17, 15) is 19.5 Å². The molecule has 1 heterocycles. The number of ketones is 1. The minimum Gasteiger partial charge on any atom is -0.491 e. The number of fused-ring (bicyclic) bond motifs is 2. The number of hydrogen-bond acceptors (Lipinski definition) is 5. The number of imide groups is 1. The summed E-state index contributed by atoms with van der Waals surface area (Å²) < 4.78 is 5.58. The van der Waals surface area contributed by atoms with Crippen LogP contribution in [0.2, 0.25) is 0 Å². The molecule has 2 aromatic carbocycles. The standard InChI is InChI=1S/C24H26N2O5/c1-2-21(28)17-9-11-19(12-10-17)31-15-18(27)14-26-22(29)24(25-23(26)30)13-5-7-16-6-3-4-8-20(16)24/h3-4,6,8-12,18,27H,2,5,7,13-15H2,1H3,(H,25,30)/t18-,24+/m1/s1. The fourth-order valence-corrected chi connectivity index (χ4v) is 4.37. The van der Waals surface area contributed by atoms with Crippen molar-refractivity contribution in [1.82, 2.24) is 10.2 Å². The molecule has 0 radical (unpaired) electrons. The lowest BCUT2D eigenvalue weighted by Crippen LogP contribution is -2.47. The van der Waals surface area contributed by atoms with E-state index in [4.69, 9.17) is 4.74 Å². The number of benzene rings is 2. The molecular formula is C24H26N2O5. The zero-order valence-corrected chi connectivity index (χ0v) is 17.5. The normalized spacial score (nSPS) is 21.0. The average molecular weight is 422 g/mol. The molecule has 7 nitrogen and oxygen atoms in total. The van der Waals surface area contributed by atoms with Gasteiger partial charge in [0.15, 0.2) is 5.78 Å². The number of rotatable bonds is 7. The summed E-state index contributed by atoms with van der Waals surface area (Å²) >= 11 is 0. The van der Waals surface area contributed by atoms with Crippen LogP contribution in [0.15, 0.2) is 48.5 Å². The molecule has 31 heavy (non-hydrogen) atoms. The summed E-state index contributed by atoms with van der Waals surface area (Å²) in [5, 5.41) is 13.3. The summed E-state index contributed by atoms with van der Waals surface area (Å²) in [6.07, 6.45) is 1.61. The molecule has 0 saturated carbocycles. The van der Waals surface area contributed by atoms with Crippen molar-refractivity contribution in [3.05, 3.63) is 65.2 Å². The maximum atomic E-state index is 13.3. The molecule has 2 N–H and O–H groups in total. The van der Waals surface area contributed by atoms with Gasteiger partial charge in [0, 0.05) is 12.0 Å². The summed E-state index contributed by atoms with van der Waals surface area (Å²) in [7, 11) is 0. The van der Waals surface area contributed by atoms with E-state index in [1.54, 1.807) is 31.2 Å². The third-order valence-electron chi connectivity index (χ3n) is 5.98. The smallest absolute Gasteiger partial charge is 0.325 e. The van der Waals surface area contributed by atoms with Crippen LogP contribution in [0.4, 0.5) is 4.79 Å². The molecule has 1 saturated heterocycles. The Kier molecular flexibility index (Phi) is 5.78. The first-order valence-electron chi connectivity index (χ1n) is 10.6. The Morgan fingerprint density at radius 2 is 1.94 bits per heavy atom. The van der Waals surface area contributed by atoms with E-state index >= 15 is 0 Å². The third kappa shape index (κ3) is 3.93. The number of aliphatic hydroxyl groups is 1. The SMILES string of the molecule is CCC(=O)c1ccc(OC[C@H](O)CN2C(=O)N[C@]3(CCCc4ccccc43)C2=O)cc1. The van der Waals surface area contributed by atoms with Crippen LogP contribution in [0, 0.1) is 0 Å². The summed E-state index contributed by atoms with van der Waals surface area (Å²) in [6.45, 7) is 1.57. The van der Waals surface area contributed by atoms with Crippen molar-refractivity contribution in [3.8, 4) is 5.75 Å². The lowest BCUT2D eigenvalue weighted by atomic mass is 9.76. The van der Waals surface area contributed by atoms with Crippen LogP contribution >= 0.6 is 0 Å². The Labute approximate surface area is 181 Å². The van der Waals surface area contributed by atoms with E-state index in [2.05, 4.69) is 5.32 Å². The van der Waals surface area contributed by atoms with Gasteiger partial charge < -0.3 is 15.2 Å². The number of nitrogens with zero attached hydrogens (tertiary/aromatic N) is 1. The van der Waals surface area contributed by atoms with Crippen LogP contribution in [0.3, 0.4) is 0 Å². The first kappa shape index (κ1) is 21.1. The Morgan fingerprint density at radius 1 is 1.19 bits per heavy atom. The second-order valence-electron chi connectivity index (χ2n) is 8.03. The lowest BCUT2D eigenvalue weighted by Gasteiger charge is -2.33. The molecule has 1 aliphatic heterocycles. The summed E-state index contributed by atoms with van der Waals surface area (Å²) in [5.74, 6) is 0.219. The lowest BCUT2D eigenvalue weighted by molar-refractivity contribution is -0.133. The van der Waals surface area contributed by atoms with Gasteiger partial charge in [0.25, 0.3) is 5.91 Å². The second kappa shape index (κ2) is 8.51. The molecule has 0 bridgehead atoms. The highest BCUT2D eigenvalue weighted by Gasteiger charge is 2.54. The van der Waals surface area contributed by atoms with Crippen molar-refractivity contribution in [2.45, 2.75) is 44.2 Å². The zero-order chi connectivity index (χ0) is 22.0. The van der Waals surface area contributed by atoms with Crippen LogP contribution in [0.25, 0.3) is 0 Å². The number of urea groups is 1. The number of hydrogen-bond donors (Lipinski definition) is 2. The van der Waals surface area contributed by atoms with Crippen LogP contribution in [0.5, 0.6) is 5.75 Å². The van der Waals surface area contributed by atoms with Crippen molar-refractivity contribution in [3.63, 3.8) is 0 Å². The van der Waals surface area contributed by atoms with Crippen molar-refractivity contribution in [2.75, 3.05) is 13.2 Å². The third-order valence-corrected chi connectivity index (χ3v) is 5.98. The maximum absolute atomic E-state index is 13.3. The summed E-state index contributed by atoms with van der Waals surface area (Å²) in [4.78, 5) is 38.6. The van der Waals surface area contributed by atoms with Gasteiger partial charge in [0.1, 0.15) is 24.0 Å². The predicted octanol–water partition coefficient (Wildman–Crippen LogP) is 2.80. The Hall–Kier alpha value is -3.19. The Morgan fingerprint density at radius 3 is 2.68 bits per heavy atom. The first-order chi connectivity index (χ1) is 14.9. The monoisotopic (exact) mass is 422 g/mol. The number of carbonyl (C=O) groups excluding carboxylic acids is 3. The molecule has 1 fully saturated rings. The van der Waals surface area contributed by atoms with Crippen LogP contribution in [-0.2, 0) is 16.8 Å². The molecule has 2 atom stereocenters. The van der Waals surface area contributed by atoms with E-state index < -0.39 is 17.7 Å². The number of amides is 3. The zero-order valence-electron chi connectivity index (χ0n) is 17.5. The van der Waals surface area contributed by atoms with Gasteiger partial charge in [-0.15, -0.1) is 0 Å². The van der Waals surface area contributed by atoms with E-state index in [0.29, 0.717) is 24.2 Å². The van der Waals surface area contributed by atoms with Crippen LogP contribution < -0.4 is 10.1 Å². The topological polar surface area (TPSA) is 95.9 Å². The average Bonchev–Trinajstić information content (AvgIpc) is 3.02. The van der Waals surface area contributed by atoms with Gasteiger partial charge >= 0.3 is 6.03 Å². The van der Waals surface area contributed by atoms with Gasteiger partial charge in [-0.3, -0.25) is 14.5 Å². The van der Waals surface area contributed by atoms with Crippen molar-refractivity contribution in [2.24, 2.45) is 0 Å². The number of carbonyl (C=O) groups is 3. The molecule has 0 unspecified atom stereocenters. The molecular weight excluding hydrogens is 396 g/mol. The Bertz CT molecular complexity index is 1000. The molecule has 2 aliphatic rings. The highest BCUT2D eigenvalue weighted by molar-refractivity contribution is 6.07. The van der Waals surface area contributed by atoms with Gasteiger partial charge in [0.2, 0.25) is 0 Å². The number of Topliss-reactive ketones (excluding diaryl/α,β-unsaturated/α-hetero) is 1. The number of β-amino-alcohol motifs (C(OH)–C–C–N with tert-alkyl or cyclic N) is 1. The largest absolute Gasteiger partial charge is 0.491 e. The van der Waals surface area contributed by atoms with E-state index in [1.165, 1.54) is 0 Å². The van der Waals surface area contributed by atoms with E-state index in [0.717, 1.165) is 28.9 Å². The summed E-state index contributed by atoms with van der Waals surface area (Å²) in [6, 6.07) is 13.9. The van der Waals surface area contributed by atoms with Gasteiger partial charge in [-0.2, -0.15) is 0 Å². The fraction of sp³-hybridized carbons (Fsp3) is 0.375. The molecule has 1 spiro atoms. The number of nitrogens with one attached hydrogen (secondary N) is 1. The van der Waals surface area contributed by atoms with Crippen molar-refractivity contribution >= 4 is 17.7 Å². The molecule has 7 heteroatoms. The quantitative estimate of drug-likeness (QED) is 0.528. The van der Waals surface area contributed by atoms with Crippen molar-refractivity contribution in [1.29, 1.82) is 0 Å². The fourth-order valence-electron chi connectivity index (χ4n) is 4.37. The number of aryl methyl sites for hydroxylation is 1. The van der Waals surface area contributed by atoms with Crippen molar-refractivity contribution < 1.29 is 24.2 Å². The van der Waals surface area contributed by atoms with Crippen LogP contribution in [0.1, 0.15) is 47.7 Å². The molecule has 4 rings (SSSR count). The van der Waals surface area contributed by atoms with Crippen LogP contribution in [-0.4, -0.2) is 47.0 Å². The van der Waals surface area contributed by atoms with Gasteiger partial charge in [-0.1, -0.05) is 31.2 Å². The highest BCUT2D eigenvalue weighted by atomic mass is 16.5. The highest BCUT2D eigenvalue weighted by Crippen LogP contribution is 2.39. The molecule has 0 aromatic heterocycles.